The van der Waals surface area contributed by atoms with Crippen molar-refractivity contribution < 1.29 is 8.42 Å². The van der Waals surface area contributed by atoms with Crippen LogP contribution in [0, 0.1) is 6.92 Å². The molecule has 5 heteroatoms. The molecule has 1 heterocycles. The van der Waals surface area contributed by atoms with Crippen LogP contribution in [0.4, 0.5) is 5.69 Å². The number of aryl methyl sites for hydroxylation is 1. The molecule has 0 spiro atoms. The predicted octanol–water partition coefficient (Wildman–Crippen LogP) is 4.76. The van der Waals surface area contributed by atoms with E-state index < -0.39 is 10.0 Å². The maximum atomic E-state index is 11.5. The summed E-state index contributed by atoms with van der Waals surface area (Å²) >= 11 is 0. The molecule has 0 aromatic heterocycles. The van der Waals surface area contributed by atoms with Crippen molar-refractivity contribution in [3.63, 3.8) is 0 Å². The van der Waals surface area contributed by atoms with Gasteiger partial charge in [-0.1, -0.05) is 37.6 Å². The van der Waals surface area contributed by atoms with Crippen LogP contribution in [0.5, 0.6) is 0 Å². The van der Waals surface area contributed by atoms with Crippen molar-refractivity contribution in [2.24, 2.45) is 0 Å². The fourth-order valence-electron chi connectivity index (χ4n) is 4.53. The Morgan fingerprint density at radius 3 is 2.56 bits per heavy atom. The van der Waals surface area contributed by atoms with Crippen LogP contribution in [-0.4, -0.2) is 25.6 Å². The van der Waals surface area contributed by atoms with Gasteiger partial charge < -0.3 is 4.90 Å². The summed E-state index contributed by atoms with van der Waals surface area (Å²) in [6, 6.07) is 12.6. The Hall–Kier alpha value is -2.27. The normalized spacial score (nSPS) is 17.4. The summed E-state index contributed by atoms with van der Waals surface area (Å²) in [6.07, 6.45) is 6.32. The maximum Gasteiger partial charge on any atom is 0.229 e. The molecule has 1 aliphatic carbocycles. The van der Waals surface area contributed by atoms with Gasteiger partial charge in [-0.15, -0.1) is 0 Å². The smallest absolute Gasteiger partial charge is 0.229 e. The van der Waals surface area contributed by atoms with Gasteiger partial charge in [0.15, 0.2) is 0 Å². The molecule has 2 aromatic carbocycles. The quantitative estimate of drug-likeness (QED) is 0.829. The van der Waals surface area contributed by atoms with Gasteiger partial charge in [0.2, 0.25) is 10.0 Å². The molecule has 0 unspecified atom stereocenters. The molecule has 2 aromatic rings. The monoisotopic (exact) mass is 382 g/mol. The van der Waals surface area contributed by atoms with Crippen LogP contribution in [0.2, 0.25) is 0 Å². The Bertz CT molecular complexity index is 1000. The second-order valence-corrected chi connectivity index (χ2v) is 9.54. The third kappa shape index (κ3) is 3.61. The Balaban J connectivity index is 1.68. The summed E-state index contributed by atoms with van der Waals surface area (Å²) in [6.45, 7) is 7.46. The van der Waals surface area contributed by atoms with Gasteiger partial charge in [0.25, 0.3) is 0 Å². The molecule has 0 atom stereocenters. The average molecular weight is 383 g/mol. The Kier molecular flexibility index (Phi) is 4.50. The summed E-state index contributed by atoms with van der Waals surface area (Å²) < 4.78 is 25.6. The van der Waals surface area contributed by atoms with Crippen molar-refractivity contribution in [3.05, 3.63) is 59.7 Å². The minimum atomic E-state index is -3.29. The highest BCUT2D eigenvalue weighted by atomic mass is 32.2. The Labute approximate surface area is 162 Å². The summed E-state index contributed by atoms with van der Waals surface area (Å²) in [5.74, 6) is 0. The third-order valence-corrected chi connectivity index (χ3v) is 6.26. The molecule has 2 aliphatic rings. The predicted molar refractivity (Wildman–Crippen MR) is 112 cm³/mol. The van der Waals surface area contributed by atoms with Gasteiger partial charge in [-0.25, -0.2) is 8.42 Å². The van der Waals surface area contributed by atoms with Gasteiger partial charge in [0.1, 0.15) is 0 Å². The first-order valence-corrected chi connectivity index (χ1v) is 11.4. The van der Waals surface area contributed by atoms with Crippen molar-refractivity contribution in [3.8, 4) is 11.1 Å². The minimum Gasteiger partial charge on any atom is -0.364 e. The van der Waals surface area contributed by atoms with E-state index in [0.717, 1.165) is 23.4 Å². The number of fused-ring (bicyclic) bond motifs is 1. The Morgan fingerprint density at radius 2 is 1.85 bits per heavy atom. The lowest BCUT2D eigenvalue weighted by atomic mass is 9.95. The minimum absolute atomic E-state index is 0.588. The van der Waals surface area contributed by atoms with E-state index >= 15 is 0 Å². The molecule has 1 aliphatic heterocycles. The van der Waals surface area contributed by atoms with E-state index in [1.807, 2.05) is 18.2 Å². The van der Waals surface area contributed by atoms with E-state index in [1.165, 1.54) is 48.6 Å². The standard InChI is InChI=1S/C22H26N2O2S/c1-15-11-18(17-7-6-8-20(13-17)23-27(3,25)26)12-19-14-24(16(2)22(15)19)21-9-4-5-10-21/h6-8,11-13,21,23H,2,4-5,9-10,14H2,1,3H3. The number of nitrogens with one attached hydrogen (secondary N) is 1. The fraction of sp³-hybridized carbons (Fsp3) is 0.364. The van der Waals surface area contributed by atoms with Gasteiger partial charge in [0, 0.05) is 29.5 Å². The van der Waals surface area contributed by atoms with Gasteiger partial charge in [-0.3, -0.25) is 4.72 Å². The van der Waals surface area contributed by atoms with E-state index in [2.05, 4.69) is 35.3 Å². The highest BCUT2D eigenvalue weighted by Gasteiger charge is 2.31. The fourth-order valence-corrected chi connectivity index (χ4v) is 5.08. The van der Waals surface area contributed by atoms with E-state index in [-0.39, 0.29) is 0 Å². The van der Waals surface area contributed by atoms with E-state index in [4.69, 9.17) is 0 Å². The van der Waals surface area contributed by atoms with Crippen molar-refractivity contribution in [2.75, 3.05) is 11.0 Å². The summed E-state index contributed by atoms with van der Waals surface area (Å²) in [5.41, 5.74) is 7.72. The van der Waals surface area contributed by atoms with Gasteiger partial charge in [-0.2, -0.15) is 0 Å². The topological polar surface area (TPSA) is 49.4 Å². The first kappa shape index (κ1) is 18.1. The van der Waals surface area contributed by atoms with Gasteiger partial charge in [0.05, 0.1) is 6.26 Å². The van der Waals surface area contributed by atoms with Crippen LogP contribution < -0.4 is 4.72 Å². The lowest BCUT2D eigenvalue weighted by molar-refractivity contribution is 0.304. The zero-order valence-electron chi connectivity index (χ0n) is 16.0. The second kappa shape index (κ2) is 6.71. The molecule has 27 heavy (non-hydrogen) atoms. The van der Waals surface area contributed by atoms with Crippen molar-refractivity contribution >= 4 is 21.4 Å². The molecule has 1 fully saturated rings. The Morgan fingerprint density at radius 1 is 1.11 bits per heavy atom. The lowest BCUT2D eigenvalue weighted by Gasteiger charge is -2.27. The summed E-state index contributed by atoms with van der Waals surface area (Å²) in [7, 11) is -3.29. The van der Waals surface area contributed by atoms with Crippen LogP contribution in [0.15, 0.2) is 43.0 Å². The molecule has 1 saturated carbocycles. The number of rotatable bonds is 4. The van der Waals surface area contributed by atoms with Gasteiger partial charge in [-0.05, 0) is 60.2 Å². The number of nitrogens with zero attached hydrogens (tertiary/aromatic N) is 1. The molecule has 0 radical (unpaired) electrons. The molecule has 142 valence electrons. The van der Waals surface area contributed by atoms with Crippen molar-refractivity contribution in [1.29, 1.82) is 0 Å². The molecular formula is C22H26N2O2S. The van der Waals surface area contributed by atoms with Crippen LogP contribution in [-0.2, 0) is 16.6 Å². The van der Waals surface area contributed by atoms with Crippen LogP contribution in [0.25, 0.3) is 16.8 Å². The molecule has 4 nitrogen and oxygen atoms in total. The lowest BCUT2D eigenvalue weighted by Crippen LogP contribution is -2.26. The zero-order chi connectivity index (χ0) is 19.2. The van der Waals surface area contributed by atoms with Crippen molar-refractivity contribution in [2.45, 2.75) is 45.2 Å². The molecular weight excluding hydrogens is 356 g/mol. The molecule has 0 saturated heterocycles. The SMILES string of the molecule is C=C1c2c(C)cc(-c3cccc(NS(C)(=O)=O)c3)cc2CN1C1CCCC1. The largest absolute Gasteiger partial charge is 0.364 e. The maximum absolute atomic E-state index is 11.5. The molecule has 1 N–H and O–H groups in total. The van der Waals surface area contributed by atoms with Gasteiger partial charge >= 0.3 is 0 Å². The van der Waals surface area contributed by atoms with E-state index in [1.54, 1.807) is 6.07 Å². The number of hydrogen-bond acceptors (Lipinski definition) is 3. The highest BCUT2D eigenvalue weighted by Crippen LogP contribution is 2.41. The van der Waals surface area contributed by atoms with Crippen LogP contribution >= 0.6 is 0 Å². The summed E-state index contributed by atoms with van der Waals surface area (Å²) in [4.78, 5) is 2.48. The third-order valence-electron chi connectivity index (χ3n) is 5.66. The molecule has 0 bridgehead atoms. The van der Waals surface area contributed by atoms with Crippen LogP contribution in [0.3, 0.4) is 0 Å². The number of anilines is 1. The van der Waals surface area contributed by atoms with Crippen LogP contribution in [0.1, 0.15) is 42.4 Å². The van der Waals surface area contributed by atoms with E-state index in [0.29, 0.717) is 11.7 Å². The average Bonchev–Trinajstić information content (AvgIpc) is 3.21. The van der Waals surface area contributed by atoms with Crippen molar-refractivity contribution in [1.82, 2.24) is 4.90 Å². The first-order valence-electron chi connectivity index (χ1n) is 9.49. The highest BCUT2D eigenvalue weighted by molar-refractivity contribution is 7.92. The van der Waals surface area contributed by atoms with E-state index in [9.17, 15) is 8.42 Å². The zero-order valence-corrected chi connectivity index (χ0v) is 16.8. The first-order chi connectivity index (χ1) is 12.8. The number of hydrogen-bond donors (Lipinski definition) is 1. The number of sulfonamides is 1. The number of benzene rings is 2. The molecule has 0 amide bonds. The molecule has 4 rings (SSSR count). The second-order valence-electron chi connectivity index (χ2n) is 7.80. The summed E-state index contributed by atoms with van der Waals surface area (Å²) in [5, 5.41) is 0.